The van der Waals surface area contributed by atoms with Gasteiger partial charge in [0, 0.05) is 3.57 Å². The van der Waals surface area contributed by atoms with E-state index in [1.807, 2.05) is 31.2 Å². The van der Waals surface area contributed by atoms with Crippen molar-refractivity contribution < 1.29 is 14.3 Å². The predicted molar refractivity (Wildman–Crippen MR) is 103 cm³/mol. The zero-order chi connectivity index (χ0) is 17.4. The summed E-state index contributed by atoms with van der Waals surface area (Å²) in [7, 11) is 1.35. The summed E-state index contributed by atoms with van der Waals surface area (Å²) in [4.78, 5) is 31.4. The van der Waals surface area contributed by atoms with E-state index in [1.165, 1.54) is 18.9 Å². The maximum absolute atomic E-state index is 12.8. The summed E-state index contributed by atoms with van der Waals surface area (Å²) in [6.45, 7) is 3.77. The number of aliphatic imine (C=N–C) groups is 1. The molecule has 1 aromatic carbocycles. The molecule has 3 rings (SSSR count). The Morgan fingerprint density at radius 2 is 2.04 bits per heavy atom. The van der Waals surface area contributed by atoms with E-state index in [0.29, 0.717) is 16.4 Å². The normalized spacial score (nSPS) is 23.2. The number of allylic oxidation sites excluding steroid dienone is 1. The number of carbonyl (C=O) groups is 2. The van der Waals surface area contributed by atoms with Crippen molar-refractivity contribution >= 4 is 51.4 Å². The molecular formula is C17H17IN2O3S. The predicted octanol–water partition coefficient (Wildman–Crippen LogP) is 3.50. The third kappa shape index (κ3) is 2.88. The molecule has 2 heterocycles. The van der Waals surface area contributed by atoms with Crippen molar-refractivity contribution in [2.45, 2.75) is 31.6 Å². The zero-order valence-corrected chi connectivity index (χ0v) is 16.6. The number of hydrogen-bond donors (Lipinski definition) is 0. The van der Waals surface area contributed by atoms with Crippen LogP contribution in [0.1, 0.15) is 31.9 Å². The molecule has 0 radical (unpaired) electrons. The summed E-state index contributed by atoms with van der Waals surface area (Å²) < 4.78 is 6.05. The van der Waals surface area contributed by atoms with Crippen LogP contribution in [0.4, 0.5) is 0 Å². The Morgan fingerprint density at radius 1 is 1.38 bits per heavy atom. The maximum Gasteiger partial charge on any atom is 0.338 e. The van der Waals surface area contributed by atoms with E-state index in [0.717, 1.165) is 15.6 Å². The minimum Gasteiger partial charge on any atom is -0.466 e. The molecular weight excluding hydrogens is 439 g/mol. The first-order valence-electron chi connectivity index (χ1n) is 7.60. The van der Waals surface area contributed by atoms with Crippen LogP contribution in [0.25, 0.3) is 0 Å². The van der Waals surface area contributed by atoms with Gasteiger partial charge in [0.05, 0.1) is 29.7 Å². The Kier molecular flexibility index (Phi) is 5.00. The van der Waals surface area contributed by atoms with Crippen LogP contribution < -0.4 is 0 Å². The van der Waals surface area contributed by atoms with Crippen molar-refractivity contribution in [1.82, 2.24) is 4.90 Å². The lowest BCUT2D eigenvalue weighted by Crippen LogP contribution is -2.40. The van der Waals surface area contributed by atoms with Crippen LogP contribution in [0, 0.1) is 3.57 Å². The lowest BCUT2D eigenvalue weighted by molar-refractivity contribution is -0.137. The minimum atomic E-state index is -0.488. The third-order valence-corrected chi connectivity index (χ3v) is 6.15. The number of rotatable bonds is 3. The average Bonchev–Trinajstić information content (AvgIpc) is 2.89. The number of hydrogen-bond acceptors (Lipinski definition) is 5. The molecule has 0 spiro atoms. The molecule has 7 heteroatoms. The van der Waals surface area contributed by atoms with Gasteiger partial charge >= 0.3 is 5.97 Å². The van der Waals surface area contributed by atoms with Gasteiger partial charge in [-0.2, -0.15) is 0 Å². The quantitative estimate of drug-likeness (QED) is 0.516. The molecule has 0 saturated carbocycles. The molecule has 126 valence electrons. The van der Waals surface area contributed by atoms with Gasteiger partial charge < -0.3 is 4.74 Å². The van der Waals surface area contributed by atoms with Gasteiger partial charge in [-0.3, -0.25) is 9.69 Å². The minimum absolute atomic E-state index is 0.00120. The number of nitrogens with zero attached hydrogens (tertiary/aromatic N) is 2. The van der Waals surface area contributed by atoms with Crippen LogP contribution in [-0.2, 0) is 14.3 Å². The van der Waals surface area contributed by atoms with E-state index in [-0.39, 0.29) is 11.2 Å². The summed E-state index contributed by atoms with van der Waals surface area (Å²) in [6.07, 6.45) is 0.727. The molecule has 2 atom stereocenters. The van der Waals surface area contributed by atoms with Crippen molar-refractivity contribution in [3.05, 3.63) is 44.7 Å². The number of thioether (sulfide) groups is 1. The van der Waals surface area contributed by atoms with Crippen molar-refractivity contribution in [2.75, 3.05) is 7.11 Å². The second-order valence-corrected chi connectivity index (χ2v) is 7.98. The summed E-state index contributed by atoms with van der Waals surface area (Å²) in [5.74, 6) is -0.449. The average molecular weight is 456 g/mol. The Bertz CT molecular complexity index is 758. The third-order valence-electron chi connectivity index (χ3n) is 4.11. The van der Waals surface area contributed by atoms with Crippen molar-refractivity contribution in [3.8, 4) is 0 Å². The highest BCUT2D eigenvalue weighted by Gasteiger charge is 2.46. The first-order valence-corrected chi connectivity index (χ1v) is 9.56. The first kappa shape index (κ1) is 17.5. The highest BCUT2D eigenvalue weighted by atomic mass is 127. The lowest BCUT2D eigenvalue weighted by Gasteiger charge is -2.32. The van der Waals surface area contributed by atoms with Gasteiger partial charge in [-0.15, -0.1) is 0 Å². The summed E-state index contributed by atoms with van der Waals surface area (Å²) in [6, 6.07) is 7.34. The molecule has 1 fully saturated rings. The van der Waals surface area contributed by atoms with Gasteiger partial charge in [0.15, 0.2) is 5.17 Å². The van der Waals surface area contributed by atoms with Gasteiger partial charge in [0.1, 0.15) is 0 Å². The van der Waals surface area contributed by atoms with Crippen molar-refractivity contribution in [2.24, 2.45) is 4.99 Å². The Hall–Kier alpha value is -1.35. The SMILES string of the molecule is CC[C@@H]1SC2=NC(C)=C(C(=O)OC)[C@H](c3ccc(I)cc3)N2C1=O. The number of ether oxygens (including phenoxy) is 1. The van der Waals surface area contributed by atoms with Gasteiger partial charge in [0.2, 0.25) is 5.91 Å². The second kappa shape index (κ2) is 6.87. The van der Waals surface area contributed by atoms with E-state index in [2.05, 4.69) is 27.6 Å². The van der Waals surface area contributed by atoms with Crippen LogP contribution in [0.3, 0.4) is 0 Å². The number of methoxy groups -OCH3 is 1. The smallest absolute Gasteiger partial charge is 0.338 e. The first-order chi connectivity index (χ1) is 11.5. The highest BCUT2D eigenvalue weighted by Crippen LogP contribution is 2.43. The van der Waals surface area contributed by atoms with Crippen LogP contribution in [0.2, 0.25) is 0 Å². The maximum atomic E-state index is 12.8. The Balaban J connectivity index is 2.15. The highest BCUT2D eigenvalue weighted by molar-refractivity contribution is 14.1. The van der Waals surface area contributed by atoms with E-state index in [4.69, 9.17) is 4.74 Å². The largest absolute Gasteiger partial charge is 0.466 e. The fourth-order valence-corrected chi connectivity index (χ4v) is 4.41. The lowest BCUT2D eigenvalue weighted by atomic mass is 9.94. The fourth-order valence-electron chi connectivity index (χ4n) is 2.92. The number of amidine groups is 1. The summed E-state index contributed by atoms with van der Waals surface area (Å²) in [5.41, 5.74) is 1.91. The van der Waals surface area contributed by atoms with Crippen molar-refractivity contribution in [1.29, 1.82) is 0 Å². The number of carbonyl (C=O) groups excluding carboxylic acids is 2. The number of fused-ring (bicyclic) bond motifs is 1. The van der Waals surface area contributed by atoms with Gasteiger partial charge in [0.25, 0.3) is 0 Å². The number of esters is 1. The number of amides is 1. The molecule has 0 bridgehead atoms. The van der Waals surface area contributed by atoms with Gasteiger partial charge in [-0.25, -0.2) is 9.79 Å². The zero-order valence-electron chi connectivity index (χ0n) is 13.6. The van der Waals surface area contributed by atoms with Crippen LogP contribution in [0.5, 0.6) is 0 Å². The van der Waals surface area contributed by atoms with Crippen molar-refractivity contribution in [3.63, 3.8) is 0 Å². The molecule has 0 aromatic heterocycles. The molecule has 0 aliphatic carbocycles. The number of halogens is 1. The van der Waals surface area contributed by atoms with Gasteiger partial charge in [-0.05, 0) is 53.6 Å². The molecule has 2 aliphatic rings. The second-order valence-electron chi connectivity index (χ2n) is 5.56. The van der Waals surface area contributed by atoms with Crippen LogP contribution in [-0.4, -0.2) is 34.3 Å². The molecule has 1 aromatic rings. The topological polar surface area (TPSA) is 59.0 Å². The Labute approximate surface area is 158 Å². The molecule has 24 heavy (non-hydrogen) atoms. The van der Waals surface area contributed by atoms with E-state index in [1.54, 1.807) is 11.8 Å². The van der Waals surface area contributed by atoms with Crippen LogP contribution in [0.15, 0.2) is 40.5 Å². The molecule has 0 N–H and O–H groups in total. The molecule has 1 amide bonds. The standard InChI is InChI=1S/C17H17IN2O3S/c1-4-12-15(21)20-14(10-5-7-11(18)8-6-10)13(16(22)23-3)9(2)19-17(20)24-12/h5-8,12,14H,4H2,1-3H3/t12-,14-/m0/s1. The molecule has 5 nitrogen and oxygen atoms in total. The molecule has 0 unspecified atom stereocenters. The van der Waals surface area contributed by atoms with Crippen LogP contribution >= 0.6 is 34.4 Å². The number of benzene rings is 1. The molecule has 1 saturated heterocycles. The summed E-state index contributed by atoms with van der Waals surface area (Å²) in [5, 5.41) is 0.514. The Morgan fingerprint density at radius 3 is 2.62 bits per heavy atom. The van der Waals surface area contributed by atoms with E-state index in [9.17, 15) is 9.59 Å². The molecule has 2 aliphatic heterocycles. The van der Waals surface area contributed by atoms with Gasteiger partial charge in [-0.1, -0.05) is 30.8 Å². The fraction of sp³-hybridized carbons (Fsp3) is 0.353. The monoisotopic (exact) mass is 456 g/mol. The van der Waals surface area contributed by atoms with E-state index < -0.39 is 12.0 Å². The summed E-state index contributed by atoms with van der Waals surface area (Å²) >= 11 is 3.70. The van der Waals surface area contributed by atoms with E-state index >= 15 is 0 Å².